The van der Waals surface area contributed by atoms with Gasteiger partial charge in [0.1, 0.15) is 5.82 Å². The fourth-order valence-corrected chi connectivity index (χ4v) is 5.09. The third-order valence-electron chi connectivity index (χ3n) is 6.88. The summed E-state index contributed by atoms with van der Waals surface area (Å²) in [6, 6.07) is 15.4. The molecule has 1 atom stereocenters. The Labute approximate surface area is 237 Å². The van der Waals surface area contributed by atoms with Gasteiger partial charge in [-0.25, -0.2) is 4.98 Å². The molecule has 0 saturated heterocycles. The Morgan fingerprint density at radius 2 is 1.93 bits per heavy atom. The van der Waals surface area contributed by atoms with Crippen LogP contribution in [0.15, 0.2) is 73.2 Å². The van der Waals surface area contributed by atoms with Crippen LogP contribution in [0.4, 0.5) is 11.8 Å². The predicted molar refractivity (Wildman–Crippen MR) is 155 cm³/mol. The summed E-state index contributed by atoms with van der Waals surface area (Å²) in [5.74, 6) is 0.925. The van der Waals surface area contributed by atoms with Crippen LogP contribution in [0.3, 0.4) is 0 Å². The summed E-state index contributed by atoms with van der Waals surface area (Å²) in [5.41, 5.74) is 16.8. The van der Waals surface area contributed by atoms with Crippen LogP contribution < -0.4 is 20.9 Å². The number of ether oxygens (including phenoxy) is 2. The highest BCUT2D eigenvalue weighted by atomic mass is 35.5. The molecule has 4 aromatic rings. The summed E-state index contributed by atoms with van der Waals surface area (Å²) >= 11 is 6.11. The van der Waals surface area contributed by atoms with E-state index in [9.17, 15) is 4.79 Å². The molecule has 0 radical (unpaired) electrons. The van der Waals surface area contributed by atoms with E-state index in [1.54, 1.807) is 30.6 Å². The number of pyridine rings is 1. The highest BCUT2D eigenvalue weighted by Gasteiger charge is 2.28. The molecule has 1 aliphatic rings. The molecule has 204 valence electrons. The van der Waals surface area contributed by atoms with Crippen molar-refractivity contribution in [3.05, 3.63) is 112 Å². The van der Waals surface area contributed by atoms with E-state index in [1.807, 2.05) is 30.5 Å². The maximum Gasteiger partial charge on any atom is 0.221 e. The van der Waals surface area contributed by atoms with Crippen molar-refractivity contribution in [3.8, 4) is 11.5 Å². The molecule has 0 bridgehead atoms. The van der Waals surface area contributed by atoms with Gasteiger partial charge in [-0.1, -0.05) is 35.9 Å². The van der Waals surface area contributed by atoms with Crippen LogP contribution in [-0.4, -0.2) is 46.4 Å². The number of rotatable bonds is 8. The molecule has 4 N–H and O–H groups in total. The second-order valence-electron chi connectivity index (χ2n) is 9.36. The van der Waals surface area contributed by atoms with Gasteiger partial charge in [0.05, 0.1) is 36.5 Å². The summed E-state index contributed by atoms with van der Waals surface area (Å²) in [7, 11) is 3.04. The van der Waals surface area contributed by atoms with Gasteiger partial charge in [0.25, 0.3) is 0 Å². The van der Waals surface area contributed by atoms with Crippen LogP contribution >= 0.6 is 11.6 Å². The average Bonchev–Trinajstić information content (AvgIpc) is 2.97. The van der Waals surface area contributed by atoms with Crippen molar-refractivity contribution < 1.29 is 14.3 Å². The monoisotopic (exact) mass is 556 g/mol. The number of fused-ring (bicyclic) bond motifs is 1. The topological polar surface area (TPSA) is 129 Å². The molecule has 40 heavy (non-hydrogen) atoms. The largest absolute Gasteiger partial charge is 0.493 e. The number of nitrogens with two attached hydrogens (primary N) is 2. The minimum atomic E-state index is -0.236. The van der Waals surface area contributed by atoms with Crippen LogP contribution in [0.5, 0.6) is 11.5 Å². The van der Waals surface area contributed by atoms with Gasteiger partial charge in [-0.15, -0.1) is 0 Å². The molecule has 10 heteroatoms. The number of anilines is 2. The number of hydrogen-bond donors (Lipinski definition) is 2. The smallest absolute Gasteiger partial charge is 0.221 e. The summed E-state index contributed by atoms with van der Waals surface area (Å²) in [4.78, 5) is 28.4. The van der Waals surface area contributed by atoms with E-state index in [0.29, 0.717) is 40.6 Å². The molecule has 0 amide bonds. The van der Waals surface area contributed by atoms with Gasteiger partial charge in [0, 0.05) is 43.2 Å². The van der Waals surface area contributed by atoms with Crippen molar-refractivity contribution in [2.45, 2.75) is 18.9 Å². The Hall–Kier alpha value is -4.63. The molecule has 5 rings (SSSR count). The summed E-state index contributed by atoms with van der Waals surface area (Å²) < 4.78 is 11.2. The standard InChI is InChI=1S/C30H29ClN6O3/c1-39-26-15-18(13-20-16-35-30(33)36-29(20)32)14-23(28(26)40-2)25(38)10-12-37-11-9-19-5-3-4-6-22(19)27(37)24-8-7-21(31)17-34-24/h3-8,10,12,14-17,27H,9,11,13H2,1-2H3,(H4,32,33,35,36)/b12-10+. The lowest BCUT2D eigenvalue weighted by atomic mass is 9.90. The first kappa shape index (κ1) is 27.0. The number of ketones is 1. The van der Waals surface area contributed by atoms with Gasteiger partial charge >= 0.3 is 0 Å². The van der Waals surface area contributed by atoms with E-state index in [-0.39, 0.29) is 23.6 Å². The van der Waals surface area contributed by atoms with Crippen molar-refractivity contribution >= 4 is 29.2 Å². The number of methoxy groups -OCH3 is 2. The van der Waals surface area contributed by atoms with E-state index in [4.69, 9.17) is 32.5 Å². The van der Waals surface area contributed by atoms with Crippen LogP contribution in [-0.2, 0) is 12.8 Å². The minimum absolute atomic E-state index is 0.0991. The molecule has 3 heterocycles. The molecule has 9 nitrogen and oxygen atoms in total. The Balaban J connectivity index is 1.48. The summed E-state index contributed by atoms with van der Waals surface area (Å²) in [6.07, 6.45) is 7.82. The SMILES string of the molecule is COc1cc(Cc2cnc(N)nc2N)cc(C(=O)/C=C/N2CCc3ccccc3C2c2ccc(Cl)cn2)c1OC. The Morgan fingerprint density at radius 1 is 1.10 bits per heavy atom. The quantitative estimate of drug-likeness (QED) is 0.235. The number of aromatic nitrogens is 3. The molecule has 1 unspecified atom stereocenters. The highest BCUT2D eigenvalue weighted by molar-refractivity contribution is 6.30. The van der Waals surface area contributed by atoms with Gasteiger partial charge < -0.3 is 25.8 Å². The van der Waals surface area contributed by atoms with Crippen LogP contribution in [0.1, 0.15) is 44.3 Å². The molecule has 1 aliphatic heterocycles. The third-order valence-corrected chi connectivity index (χ3v) is 7.11. The molecule has 2 aromatic heterocycles. The zero-order chi connectivity index (χ0) is 28.2. The second kappa shape index (κ2) is 11.6. The molecule has 0 spiro atoms. The predicted octanol–water partition coefficient (Wildman–Crippen LogP) is 4.64. The Kier molecular flexibility index (Phi) is 7.84. The number of nitrogens with zero attached hydrogens (tertiary/aromatic N) is 4. The lowest BCUT2D eigenvalue weighted by molar-refractivity contribution is 0.104. The van der Waals surface area contributed by atoms with Crippen molar-refractivity contribution in [1.82, 2.24) is 19.9 Å². The van der Waals surface area contributed by atoms with Crippen molar-refractivity contribution in [2.75, 3.05) is 32.2 Å². The molecule has 0 saturated carbocycles. The van der Waals surface area contributed by atoms with E-state index in [1.165, 1.54) is 19.8 Å². The number of allylic oxidation sites excluding steroid dienone is 1. The number of nitrogen functional groups attached to an aromatic ring is 2. The molecule has 2 aromatic carbocycles. The summed E-state index contributed by atoms with van der Waals surface area (Å²) in [5, 5.41) is 0.568. The van der Waals surface area contributed by atoms with Crippen LogP contribution in [0, 0.1) is 0 Å². The number of benzene rings is 2. The first-order valence-electron chi connectivity index (χ1n) is 12.7. The second-order valence-corrected chi connectivity index (χ2v) is 9.80. The molecular formula is C30H29ClN6O3. The van der Waals surface area contributed by atoms with Gasteiger partial charge in [-0.2, -0.15) is 4.98 Å². The highest BCUT2D eigenvalue weighted by Crippen LogP contribution is 2.36. The Morgan fingerprint density at radius 3 is 2.65 bits per heavy atom. The first-order chi connectivity index (χ1) is 19.4. The van der Waals surface area contributed by atoms with Gasteiger partial charge in [0.2, 0.25) is 5.95 Å². The molecule has 0 aliphatic carbocycles. The van der Waals surface area contributed by atoms with E-state index in [0.717, 1.165) is 23.2 Å². The third kappa shape index (κ3) is 5.55. The number of carbonyl (C=O) groups excluding carboxylic acids is 1. The van der Waals surface area contributed by atoms with E-state index in [2.05, 4.69) is 32.0 Å². The molecular weight excluding hydrogens is 528 g/mol. The van der Waals surface area contributed by atoms with Crippen molar-refractivity contribution in [2.24, 2.45) is 0 Å². The van der Waals surface area contributed by atoms with Gasteiger partial charge in [-0.3, -0.25) is 9.78 Å². The first-order valence-corrected chi connectivity index (χ1v) is 13.0. The van der Waals surface area contributed by atoms with E-state index < -0.39 is 0 Å². The number of carbonyl (C=O) groups is 1. The zero-order valence-corrected chi connectivity index (χ0v) is 22.9. The van der Waals surface area contributed by atoms with Gasteiger partial charge in [-0.05, 0) is 47.4 Å². The van der Waals surface area contributed by atoms with E-state index >= 15 is 0 Å². The maximum atomic E-state index is 13.6. The fraction of sp³-hybridized carbons (Fsp3) is 0.200. The lowest BCUT2D eigenvalue weighted by Gasteiger charge is -2.36. The van der Waals surface area contributed by atoms with Crippen LogP contribution in [0.25, 0.3) is 0 Å². The normalized spacial score (nSPS) is 14.7. The molecule has 0 fully saturated rings. The lowest BCUT2D eigenvalue weighted by Crippen LogP contribution is -2.32. The fourth-order valence-electron chi connectivity index (χ4n) is 4.97. The number of halogens is 1. The van der Waals surface area contributed by atoms with Gasteiger partial charge in [0.15, 0.2) is 17.3 Å². The van der Waals surface area contributed by atoms with Crippen molar-refractivity contribution in [3.63, 3.8) is 0 Å². The van der Waals surface area contributed by atoms with Crippen molar-refractivity contribution in [1.29, 1.82) is 0 Å². The summed E-state index contributed by atoms with van der Waals surface area (Å²) in [6.45, 7) is 0.715. The average molecular weight is 557 g/mol. The maximum absolute atomic E-state index is 13.6. The number of hydrogen-bond acceptors (Lipinski definition) is 9. The van der Waals surface area contributed by atoms with Crippen LogP contribution in [0.2, 0.25) is 5.02 Å². The Bertz CT molecular complexity index is 1570. The zero-order valence-electron chi connectivity index (χ0n) is 22.2. The minimum Gasteiger partial charge on any atom is -0.493 e.